The molecule has 0 aliphatic carbocycles. The second-order valence-electron chi connectivity index (χ2n) is 9.32. The Balaban J connectivity index is 2.13. The van der Waals surface area contributed by atoms with Gasteiger partial charge in [0.15, 0.2) is 0 Å². The molecule has 1 aromatic carbocycles. The maximum absolute atomic E-state index is 11.9. The zero-order valence-corrected chi connectivity index (χ0v) is 23.2. The van der Waals surface area contributed by atoms with E-state index in [0.717, 1.165) is 28.9 Å². The lowest BCUT2D eigenvalue weighted by atomic mass is 9.82. The number of hydrogen-bond donors (Lipinski definition) is 2. The molecule has 0 aliphatic rings. The minimum Gasteiger partial charge on any atom is -0.464 e. The number of esters is 1. The van der Waals surface area contributed by atoms with Gasteiger partial charge in [0.05, 0.1) is 12.0 Å². The molecular formula is C26H38N2O9S. The monoisotopic (exact) mass is 554 g/mol. The lowest BCUT2D eigenvalue weighted by Gasteiger charge is -2.28. The molecule has 11 nitrogen and oxygen atoms in total. The van der Waals surface area contributed by atoms with Gasteiger partial charge < -0.3 is 33.8 Å². The fourth-order valence-corrected chi connectivity index (χ4v) is 3.77. The number of carbonyl (C=O) groups excluding carboxylic acids is 4. The van der Waals surface area contributed by atoms with Crippen molar-refractivity contribution in [1.29, 1.82) is 0 Å². The quantitative estimate of drug-likeness (QED) is 0.0518. The summed E-state index contributed by atoms with van der Waals surface area (Å²) in [5.41, 5.74) is 0.912. The third-order valence-electron chi connectivity index (χ3n) is 5.06. The summed E-state index contributed by atoms with van der Waals surface area (Å²) in [6.45, 7) is 12.5. The minimum atomic E-state index is -0.736. The molecule has 1 rings (SSSR count). The van der Waals surface area contributed by atoms with E-state index < -0.39 is 18.2 Å². The first-order valence-corrected chi connectivity index (χ1v) is 12.9. The summed E-state index contributed by atoms with van der Waals surface area (Å²) in [6, 6.07) is 7.57. The van der Waals surface area contributed by atoms with Crippen molar-refractivity contribution in [2.75, 3.05) is 39.5 Å². The van der Waals surface area contributed by atoms with Crippen LogP contribution in [-0.2, 0) is 32.7 Å². The van der Waals surface area contributed by atoms with Gasteiger partial charge in [-0.2, -0.15) is 0 Å². The molecule has 1 aromatic rings. The number of nitrogens with one attached hydrogen (secondary N) is 2. The highest BCUT2D eigenvalue weighted by atomic mass is 32.2. The summed E-state index contributed by atoms with van der Waals surface area (Å²) in [5.74, 6) is -0.637. The van der Waals surface area contributed by atoms with Gasteiger partial charge in [0.1, 0.15) is 26.4 Å². The van der Waals surface area contributed by atoms with Gasteiger partial charge in [-0.05, 0) is 49.8 Å². The van der Waals surface area contributed by atoms with E-state index in [2.05, 4.69) is 28.9 Å². The van der Waals surface area contributed by atoms with Crippen molar-refractivity contribution < 1.29 is 42.3 Å². The van der Waals surface area contributed by atoms with Gasteiger partial charge in [-0.15, -0.1) is 0 Å². The number of benzene rings is 1. The van der Waals surface area contributed by atoms with Crippen LogP contribution in [0.1, 0.15) is 39.2 Å². The van der Waals surface area contributed by atoms with Crippen LogP contribution in [0.15, 0.2) is 41.5 Å². The summed E-state index contributed by atoms with van der Waals surface area (Å²) in [7, 11) is 0. The van der Waals surface area contributed by atoms with Crippen molar-refractivity contribution in [3.63, 3.8) is 0 Å². The summed E-state index contributed by atoms with van der Waals surface area (Å²) < 4.78 is 24.6. The molecule has 0 heterocycles. The van der Waals surface area contributed by atoms with Crippen LogP contribution in [0.3, 0.4) is 0 Å². The second-order valence-corrected chi connectivity index (χ2v) is 10.1. The van der Waals surface area contributed by atoms with Gasteiger partial charge in [0.25, 0.3) is 6.47 Å². The summed E-state index contributed by atoms with van der Waals surface area (Å²) in [6.07, 6.45) is 0.313. The largest absolute Gasteiger partial charge is 0.464 e. The van der Waals surface area contributed by atoms with E-state index in [9.17, 15) is 19.2 Å². The zero-order valence-electron chi connectivity index (χ0n) is 22.4. The molecule has 0 aromatic heterocycles. The van der Waals surface area contributed by atoms with E-state index in [4.69, 9.17) is 18.4 Å². The molecule has 0 radical (unpaired) electrons. The van der Waals surface area contributed by atoms with Crippen LogP contribution in [0.25, 0.3) is 0 Å². The van der Waals surface area contributed by atoms with Crippen molar-refractivity contribution in [3.05, 3.63) is 42.2 Å². The molecule has 212 valence electrons. The second kappa shape index (κ2) is 17.9. The predicted molar refractivity (Wildman–Crippen MR) is 141 cm³/mol. The standard InChI is InChI=1S/C26H38N2O9S/c1-19-6-8-22(9-7-19)38-37-21(3)23(30)34-14-15-36-24(31)27-11-10-20(2)16-26(4,5)17-28-25(32)35-13-12-33-18-29/h6-9,18,20H,3,10-17H2,1-2,4-5H3,(H,27,31)(H,28,32). The first kappa shape index (κ1) is 32.6. The number of aryl methyl sites for hydroxylation is 1. The van der Waals surface area contributed by atoms with Crippen LogP contribution < -0.4 is 10.6 Å². The van der Waals surface area contributed by atoms with E-state index in [1.807, 2.05) is 45.0 Å². The highest BCUT2D eigenvalue weighted by Crippen LogP contribution is 2.26. The molecule has 0 aliphatic heterocycles. The summed E-state index contributed by atoms with van der Waals surface area (Å²) in [4.78, 5) is 46.3. The van der Waals surface area contributed by atoms with Gasteiger partial charge in [-0.25, -0.2) is 14.4 Å². The molecular weight excluding hydrogens is 516 g/mol. The van der Waals surface area contributed by atoms with E-state index in [-0.39, 0.29) is 43.5 Å². The number of ether oxygens (including phenoxy) is 4. The van der Waals surface area contributed by atoms with E-state index in [1.54, 1.807) is 0 Å². The van der Waals surface area contributed by atoms with Crippen LogP contribution in [-0.4, -0.2) is 64.1 Å². The first-order chi connectivity index (χ1) is 18.0. The lowest BCUT2D eigenvalue weighted by Crippen LogP contribution is -2.36. The van der Waals surface area contributed by atoms with Gasteiger partial charge in [0.2, 0.25) is 5.76 Å². The number of alkyl carbamates (subject to hydrolysis) is 2. The summed E-state index contributed by atoms with van der Waals surface area (Å²) >= 11 is 0.999. The summed E-state index contributed by atoms with van der Waals surface area (Å²) in [5, 5.41) is 5.36. The smallest absolute Gasteiger partial charge is 0.407 e. The molecule has 0 fully saturated rings. The lowest BCUT2D eigenvalue weighted by molar-refractivity contribution is -0.142. The Morgan fingerprint density at radius 1 is 1.00 bits per heavy atom. The molecule has 1 unspecified atom stereocenters. The Kier molecular flexibility index (Phi) is 15.4. The third-order valence-corrected chi connectivity index (χ3v) is 5.81. The van der Waals surface area contributed by atoms with Crippen LogP contribution >= 0.6 is 12.0 Å². The molecule has 12 heteroatoms. The Hall–Kier alpha value is -3.41. The number of carbonyl (C=O) groups is 4. The van der Waals surface area contributed by atoms with Crippen LogP contribution in [0.5, 0.6) is 0 Å². The topological polar surface area (TPSA) is 138 Å². The van der Waals surface area contributed by atoms with Gasteiger partial charge >= 0.3 is 18.2 Å². The Morgan fingerprint density at radius 3 is 2.26 bits per heavy atom. The average Bonchev–Trinajstić information content (AvgIpc) is 2.87. The Bertz CT molecular complexity index is 906. The fraction of sp³-hybridized carbons (Fsp3) is 0.538. The Labute approximate surface area is 228 Å². The van der Waals surface area contributed by atoms with E-state index in [0.29, 0.717) is 26.0 Å². The average molecular weight is 555 g/mol. The van der Waals surface area contributed by atoms with Gasteiger partial charge in [0, 0.05) is 18.0 Å². The maximum atomic E-state index is 11.9. The molecule has 0 bridgehead atoms. The molecule has 0 saturated heterocycles. The SMILES string of the molecule is C=C(OSc1ccc(C)cc1)C(=O)OCCOC(=O)NCCC(C)CC(C)(C)CNC(=O)OCCOC=O. The van der Waals surface area contributed by atoms with Crippen LogP contribution in [0.4, 0.5) is 9.59 Å². The van der Waals surface area contributed by atoms with Crippen molar-refractivity contribution >= 4 is 36.7 Å². The molecule has 2 amide bonds. The molecule has 1 atom stereocenters. The number of amides is 2. The van der Waals surface area contributed by atoms with Crippen molar-refractivity contribution in [1.82, 2.24) is 10.6 Å². The predicted octanol–water partition coefficient (Wildman–Crippen LogP) is 4.14. The minimum absolute atomic E-state index is 0.0108. The van der Waals surface area contributed by atoms with Crippen molar-refractivity contribution in [3.8, 4) is 0 Å². The number of rotatable bonds is 18. The third kappa shape index (κ3) is 15.6. The highest BCUT2D eigenvalue weighted by molar-refractivity contribution is 7.94. The van der Waals surface area contributed by atoms with Crippen LogP contribution in [0, 0.1) is 18.3 Å². The molecule has 2 N–H and O–H groups in total. The fourth-order valence-electron chi connectivity index (χ4n) is 3.26. The van der Waals surface area contributed by atoms with Gasteiger partial charge in [-0.1, -0.05) is 38.5 Å². The van der Waals surface area contributed by atoms with Gasteiger partial charge in [-0.3, -0.25) is 4.79 Å². The molecule has 0 saturated carbocycles. The molecule has 0 spiro atoms. The van der Waals surface area contributed by atoms with Crippen molar-refractivity contribution in [2.24, 2.45) is 11.3 Å². The zero-order chi connectivity index (χ0) is 28.4. The van der Waals surface area contributed by atoms with Crippen LogP contribution in [0.2, 0.25) is 0 Å². The highest BCUT2D eigenvalue weighted by Gasteiger charge is 2.22. The maximum Gasteiger partial charge on any atom is 0.407 e. The number of hydrogen-bond acceptors (Lipinski definition) is 10. The Morgan fingerprint density at radius 2 is 1.61 bits per heavy atom. The first-order valence-electron chi connectivity index (χ1n) is 12.2. The normalized spacial score (nSPS) is 11.5. The molecule has 38 heavy (non-hydrogen) atoms. The van der Waals surface area contributed by atoms with E-state index in [1.165, 1.54) is 0 Å². The van der Waals surface area contributed by atoms with E-state index >= 15 is 0 Å². The van der Waals surface area contributed by atoms with Crippen molar-refractivity contribution in [2.45, 2.75) is 45.4 Å².